The van der Waals surface area contributed by atoms with Crippen molar-refractivity contribution in [3.8, 4) is 17.2 Å². The van der Waals surface area contributed by atoms with E-state index in [1.54, 1.807) is 21.3 Å². The van der Waals surface area contributed by atoms with Crippen LogP contribution in [0.15, 0.2) is 30.5 Å². The molecule has 2 aromatic rings. The molecule has 0 saturated carbocycles. The van der Waals surface area contributed by atoms with E-state index in [2.05, 4.69) is 16.4 Å². The number of nitrogens with zero attached hydrogens (tertiary/aromatic N) is 2. The molecule has 0 amide bonds. The Labute approximate surface area is 143 Å². The number of rotatable bonds is 8. The Hall–Kier alpha value is -2.47. The molecule has 6 heteroatoms. The Balaban J connectivity index is 2.01. The highest BCUT2D eigenvalue weighted by molar-refractivity contribution is 5.53. The molecule has 0 bridgehead atoms. The highest BCUT2D eigenvalue weighted by atomic mass is 16.5. The molecule has 0 aliphatic carbocycles. The Morgan fingerprint density at radius 1 is 0.917 bits per heavy atom. The number of anilines is 1. The number of pyridine rings is 1. The number of ether oxygens (including phenoxy) is 3. The number of hydrogen-bond donors (Lipinski definition) is 1. The molecule has 24 heavy (non-hydrogen) atoms. The molecule has 2 rings (SSSR count). The lowest BCUT2D eigenvalue weighted by molar-refractivity contribution is 0.323. The molecule has 0 aliphatic heterocycles. The fourth-order valence-electron chi connectivity index (χ4n) is 2.37. The van der Waals surface area contributed by atoms with Crippen molar-refractivity contribution < 1.29 is 14.2 Å². The lowest BCUT2D eigenvalue weighted by Gasteiger charge is -2.14. The quantitative estimate of drug-likeness (QED) is 0.802. The maximum absolute atomic E-state index is 5.37. The summed E-state index contributed by atoms with van der Waals surface area (Å²) in [5.41, 5.74) is 2.19. The predicted molar refractivity (Wildman–Crippen MR) is 95.2 cm³/mol. The van der Waals surface area contributed by atoms with E-state index in [0.29, 0.717) is 23.8 Å². The van der Waals surface area contributed by atoms with Gasteiger partial charge < -0.3 is 24.4 Å². The zero-order valence-corrected chi connectivity index (χ0v) is 14.9. The van der Waals surface area contributed by atoms with E-state index in [0.717, 1.165) is 23.5 Å². The first-order chi connectivity index (χ1) is 11.6. The molecule has 1 N–H and O–H groups in total. The summed E-state index contributed by atoms with van der Waals surface area (Å²) >= 11 is 0. The van der Waals surface area contributed by atoms with E-state index in [-0.39, 0.29) is 0 Å². The fraction of sp³-hybridized carbons (Fsp3) is 0.389. The topological polar surface area (TPSA) is 55.9 Å². The summed E-state index contributed by atoms with van der Waals surface area (Å²) in [6.07, 6.45) is 1.89. The first-order valence-electron chi connectivity index (χ1n) is 7.71. The first kappa shape index (κ1) is 17.9. The van der Waals surface area contributed by atoms with E-state index in [1.165, 1.54) is 0 Å². The first-order valence-corrected chi connectivity index (χ1v) is 7.71. The largest absolute Gasteiger partial charge is 0.493 e. The number of nitrogens with one attached hydrogen (secondary N) is 1. The van der Waals surface area contributed by atoms with Crippen molar-refractivity contribution in [3.05, 3.63) is 41.6 Å². The molecule has 0 unspecified atom stereocenters. The molecule has 1 aromatic carbocycles. The van der Waals surface area contributed by atoms with Crippen molar-refractivity contribution in [3.63, 3.8) is 0 Å². The van der Waals surface area contributed by atoms with Crippen LogP contribution in [0.4, 0.5) is 5.82 Å². The molecule has 1 aromatic heterocycles. The van der Waals surface area contributed by atoms with Crippen LogP contribution in [0.5, 0.6) is 17.2 Å². The van der Waals surface area contributed by atoms with Crippen molar-refractivity contribution in [2.75, 3.05) is 40.3 Å². The smallest absolute Gasteiger partial charge is 0.203 e. The average molecular weight is 331 g/mol. The molecule has 1 heterocycles. The summed E-state index contributed by atoms with van der Waals surface area (Å²) in [4.78, 5) is 6.39. The van der Waals surface area contributed by atoms with Crippen molar-refractivity contribution >= 4 is 5.82 Å². The monoisotopic (exact) mass is 331 g/mol. The van der Waals surface area contributed by atoms with Crippen molar-refractivity contribution in [2.24, 2.45) is 0 Å². The van der Waals surface area contributed by atoms with Crippen LogP contribution in [-0.4, -0.2) is 40.4 Å². The van der Waals surface area contributed by atoms with Gasteiger partial charge in [0.25, 0.3) is 0 Å². The maximum atomic E-state index is 5.37. The van der Waals surface area contributed by atoms with E-state index in [1.807, 2.05) is 43.4 Å². The maximum Gasteiger partial charge on any atom is 0.203 e. The second kappa shape index (κ2) is 8.40. The van der Waals surface area contributed by atoms with Gasteiger partial charge in [-0.05, 0) is 29.3 Å². The number of methoxy groups -OCH3 is 3. The molecule has 0 atom stereocenters. The second-order valence-corrected chi connectivity index (χ2v) is 5.56. The van der Waals surface area contributed by atoms with Crippen LogP contribution in [0.2, 0.25) is 0 Å². The highest BCUT2D eigenvalue weighted by Crippen LogP contribution is 2.38. The fourth-order valence-corrected chi connectivity index (χ4v) is 2.37. The van der Waals surface area contributed by atoms with E-state index in [9.17, 15) is 0 Å². The van der Waals surface area contributed by atoms with Gasteiger partial charge in [0.1, 0.15) is 5.82 Å². The summed E-state index contributed by atoms with van der Waals surface area (Å²) in [6.45, 7) is 1.42. The Morgan fingerprint density at radius 2 is 1.54 bits per heavy atom. The average Bonchev–Trinajstić information content (AvgIpc) is 2.61. The van der Waals surface area contributed by atoms with Crippen LogP contribution in [0.3, 0.4) is 0 Å². The third-order valence-electron chi connectivity index (χ3n) is 3.65. The molecular formula is C18H25N3O3. The standard InChI is InChI=1S/C18H25N3O3/c1-21(2)17-7-6-13(12-20-17)10-19-11-14-8-15(22-3)18(24-5)16(9-14)23-4/h6-9,12,19H,10-11H2,1-5H3. The van der Waals surface area contributed by atoms with E-state index >= 15 is 0 Å². The van der Waals surface area contributed by atoms with Crippen LogP contribution >= 0.6 is 0 Å². The van der Waals surface area contributed by atoms with Crippen molar-refractivity contribution in [1.29, 1.82) is 0 Å². The minimum absolute atomic E-state index is 0.604. The number of aromatic nitrogens is 1. The van der Waals surface area contributed by atoms with E-state index < -0.39 is 0 Å². The van der Waals surface area contributed by atoms with Crippen LogP contribution < -0.4 is 24.4 Å². The van der Waals surface area contributed by atoms with Crippen molar-refractivity contribution in [2.45, 2.75) is 13.1 Å². The highest BCUT2D eigenvalue weighted by Gasteiger charge is 2.12. The van der Waals surface area contributed by atoms with Crippen LogP contribution in [0, 0.1) is 0 Å². The number of benzene rings is 1. The van der Waals surface area contributed by atoms with Gasteiger partial charge in [0.15, 0.2) is 11.5 Å². The SMILES string of the molecule is COc1cc(CNCc2ccc(N(C)C)nc2)cc(OC)c1OC. The van der Waals surface area contributed by atoms with Crippen LogP contribution in [-0.2, 0) is 13.1 Å². The van der Waals surface area contributed by atoms with Gasteiger partial charge in [-0.2, -0.15) is 0 Å². The molecule has 0 radical (unpaired) electrons. The summed E-state index contributed by atoms with van der Waals surface area (Å²) in [5.74, 6) is 2.87. The van der Waals surface area contributed by atoms with Gasteiger partial charge in [0.2, 0.25) is 5.75 Å². The van der Waals surface area contributed by atoms with Gasteiger partial charge >= 0.3 is 0 Å². The lowest BCUT2D eigenvalue weighted by Crippen LogP contribution is -2.14. The lowest BCUT2D eigenvalue weighted by atomic mass is 10.1. The van der Waals surface area contributed by atoms with Gasteiger partial charge in [-0.25, -0.2) is 4.98 Å². The molecule has 0 aliphatic rings. The second-order valence-electron chi connectivity index (χ2n) is 5.56. The van der Waals surface area contributed by atoms with E-state index in [4.69, 9.17) is 14.2 Å². The summed E-state index contributed by atoms with van der Waals surface area (Å²) in [7, 11) is 8.79. The predicted octanol–water partition coefficient (Wildman–Crippen LogP) is 2.46. The Kier molecular flexibility index (Phi) is 6.26. The van der Waals surface area contributed by atoms with Gasteiger partial charge in [-0.15, -0.1) is 0 Å². The van der Waals surface area contributed by atoms with Gasteiger partial charge in [0, 0.05) is 33.4 Å². The number of hydrogen-bond acceptors (Lipinski definition) is 6. The molecule has 6 nitrogen and oxygen atoms in total. The summed E-state index contributed by atoms with van der Waals surface area (Å²) < 4.78 is 16.1. The minimum Gasteiger partial charge on any atom is -0.493 e. The normalized spacial score (nSPS) is 10.4. The third-order valence-corrected chi connectivity index (χ3v) is 3.65. The molecule has 0 fully saturated rings. The summed E-state index contributed by atoms with van der Waals surface area (Å²) in [5, 5.41) is 3.40. The molecular weight excluding hydrogens is 306 g/mol. The zero-order chi connectivity index (χ0) is 17.5. The van der Waals surface area contributed by atoms with Gasteiger partial charge in [-0.1, -0.05) is 6.07 Å². The van der Waals surface area contributed by atoms with Gasteiger partial charge in [0.05, 0.1) is 21.3 Å². The molecule has 130 valence electrons. The van der Waals surface area contributed by atoms with Crippen LogP contribution in [0.25, 0.3) is 0 Å². The third kappa shape index (κ3) is 4.29. The molecule has 0 spiro atoms. The minimum atomic E-state index is 0.604. The zero-order valence-electron chi connectivity index (χ0n) is 14.9. The summed E-state index contributed by atoms with van der Waals surface area (Å²) in [6, 6.07) is 7.98. The molecule has 0 saturated heterocycles. The Morgan fingerprint density at radius 3 is 2.00 bits per heavy atom. The van der Waals surface area contributed by atoms with Gasteiger partial charge in [-0.3, -0.25) is 0 Å². The van der Waals surface area contributed by atoms with Crippen molar-refractivity contribution in [1.82, 2.24) is 10.3 Å². The Bertz CT molecular complexity index is 632. The van der Waals surface area contributed by atoms with Crippen LogP contribution in [0.1, 0.15) is 11.1 Å².